The van der Waals surface area contributed by atoms with E-state index < -0.39 is 11.1 Å². The van der Waals surface area contributed by atoms with E-state index in [2.05, 4.69) is 26.1 Å². The monoisotopic (exact) mass is 705 g/mol. The Labute approximate surface area is 361 Å². The van der Waals surface area contributed by atoms with Crippen LogP contribution < -0.4 is 5.32 Å². The second kappa shape index (κ2) is 9.91. The zero-order valence-corrected chi connectivity index (χ0v) is 23.0. The Balaban J connectivity index is -0.00000000118. The van der Waals surface area contributed by atoms with Gasteiger partial charge in [-0.05, 0) is 33.6 Å². The number of amides is 2. The molecule has 2 saturated heterocycles. The summed E-state index contributed by atoms with van der Waals surface area (Å²) in [6.07, 6.45) is 2.41. The minimum absolute atomic E-state index is 0. The summed E-state index contributed by atoms with van der Waals surface area (Å²) in [6, 6.07) is -0.0492. The van der Waals surface area contributed by atoms with E-state index in [0.717, 1.165) is 24.0 Å². The molecule has 3 aliphatic heterocycles. The van der Waals surface area contributed by atoms with Gasteiger partial charge in [0.15, 0.2) is 6.29 Å². The molecule has 0 aromatic rings. The van der Waals surface area contributed by atoms with Crippen molar-refractivity contribution in [3.8, 4) is 0 Å². The van der Waals surface area contributed by atoms with E-state index in [9.17, 15) is 14.4 Å². The lowest BCUT2D eigenvalue weighted by Gasteiger charge is -2.52. The molecule has 2 fully saturated rings. The number of aldehydes is 1. The van der Waals surface area contributed by atoms with Crippen molar-refractivity contribution in [1.29, 1.82) is 0 Å². The lowest BCUT2D eigenvalue weighted by Crippen LogP contribution is -2.67. The van der Waals surface area contributed by atoms with Gasteiger partial charge in [0.2, 0.25) is 11.8 Å². The Morgan fingerprint density at radius 1 is 1.35 bits per heavy atom. The standard InChI is InChI=1S/C25H41N3O4S.H2O.103H2/c1-10-15-19-18(24(6,11-2)32-9)21(30)28(19)16(14-29)20(15)33-17-13-26-25(7,23(17,4)5)22(31)27(8)12-3;;;;;;;;;;;;;;;;;;;;;;;;;;;;;;;;;;;;;;;;;;;;;;;;;;;;;;;;;;;;;;;;;;;;;;;;;;;;;;;;;;;;;;;;;;;;;;;;;;;;;;;;/h14-15,17-19,26H,10-13H2,1-9H3;1H2;103*1H/t15-,17-,18-,19-,24-,25-;;;;;;;;;;;;;;;;;;;;;;;;;;;;;;;;;;;;;;;;;;;;;;;;;;;;;;;;;;;;;;;;;;;;;;;;;;;;;;;;;;;;;;;;;;;;;;;;;;;;;;;;/m1......................................................................................................../s1. The van der Waals surface area contributed by atoms with E-state index in [4.69, 9.17) is 4.74 Å². The van der Waals surface area contributed by atoms with Crippen LogP contribution in [-0.2, 0) is 19.1 Å². The molecule has 9 heteroatoms. The van der Waals surface area contributed by atoms with Crippen LogP contribution in [-0.4, -0.2) is 83.1 Å². The van der Waals surface area contributed by atoms with Gasteiger partial charge >= 0.3 is 0 Å². The molecule has 0 aliphatic carbocycles. The van der Waals surface area contributed by atoms with Crippen LogP contribution in [0.1, 0.15) is 208 Å². The molecule has 0 saturated carbocycles. The van der Waals surface area contributed by atoms with Gasteiger partial charge in [-0.15, -0.1) is 11.8 Å². The first kappa shape index (κ1) is 28.8. The zero-order chi connectivity index (χ0) is 24.9. The first-order valence-corrected chi connectivity index (χ1v) is 13.0. The number of hydrogen-bond acceptors (Lipinski definition) is 6. The Hall–Kier alpha value is -1.42. The van der Waals surface area contributed by atoms with Crippen LogP contribution in [0.2, 0.25) is 0 Å². The molecule has 0 aromatic heterocycles. The second-order valence-electron chi connectivity index (χ2n) is 10.6. The molecule has 8 nitrogen and oxygen atoms in total. The number of carbonyl (C=O) groups excluding carboxylic acids is 3. The molecule has 2 amide bonds. The second-order valence-corrected chi connectivity index (χ2v) is 11.8. The fraction of sp³-hybridized carbons (Fsp3) is 0.800. The van der Waals surface area contributed by atoms with Gasteiger partial charge in [0, 0.05) is 196 Å². The number of methoxy groups -OCH3 is 1. The van der Waals surface area contributed by atoms with E-state index >= 15 is 0 Å². The van der Waals surface area contributed by atoms with Gasteiger partial charge < -0.3 is 25.3 Å². The summed E-state index contributed by atoms with van der Waals surface area (Å²) < 4.78 is 5.81. The highest BCUT2D eigenvalue weighted by Gasteiger charge is 2.64. The van der Waals surface area contributed by atoms with Crippen molar-refractivity contribution in [2.75, 3.05) is 27.2 Å². The Kier molecular flexibility index (Phi) is 8.40. The van der Waals surface area contributed by atoms with Crippen LogP contribution in [0.25, 0.3) is 0 Å². The molecule has 3 aliphatic rings. The molecule has 400 valence electrons. The third kappa shape index (κ3) is 3.83. The number of allylic oxidation sites excluding steroid dienone is 1. The fourth-order valence-corrected chi connectivity index (χ4v) is 7.54. The maximum atomic E-state index is 13.2. The summed E-state index contributed by atoms with van der Waals surface area (Å²) in [5.41, 5.74) is -1.10. The molecular weight excluding hydrogens is 454 g/mol. The van der Waals surface area contributed by atoms with Crippen LogP contribution in [0, 0.1) is 17.3 Å². The highest BCUT2D eigenvalue weighted by Crippen LogP contribution is 2.57. The predicted octanol–water partition coefficient (Wildman–Crippen LogP) is 27.6. The maximum absolute atomic E-state index is 13.2. The minimum atomic E-state index is -0.702. The number of carbonyl (C=O) groups is 3. The van der Waals surface area contributed by atoms with Crippen molar-refractivity contribution in [1.82, 2.24) is 15.1 Å². The van der Waals surface area contributed by atoms with Crippen molar-refractivity contribution >= 4 is 29.9 Å². The van der Waals surface area contributed by atoms with Gasteiger partial charge in [0.05, 0.1) is 23.3 Å². The molecule has 3 rings (SSSR count). The topological polar surface area (TPSA) is 110 Å². The summed E-state index contributed by atoms with van der Waals surface area (Å²) in [7, 11) is 3.50. The number of rotatable bonds is 9. The summed E-state index contributed by atoms with van der Waals surface area (Å²) in [6.45, 7) is 15.7. The summed E-state index contributed by atoms with van der Waals surface area (Å²) in [5.74, 6) is -0.101. The third-order valence-electron chi connectivity index (χ3n) is 9.03. The van der Waals surface area contributed by atoms with Gasteiger partial charge in [0.25, 0.3) is 0 Å². The van der Waals surface area contributed by atoms with Gasteiger partial charge in [-0.3, -0.25) is 14.4 Å². The van der Waals surface area contributed by atoms with Crippen molar-refractivity contribution in [2.45, 2.75) is 83.7 Å². The average molecular weight is 705 g/mol. The minimum Gasteiger partial charge on any atom is -0.412 e. The number of thioether (sulfide) groups is 1. The summed E-state index contributed by atoms with van der Waals surface area (Å²) >= 11 is 1.68. The smallest absolute Gasteiger partial charge is 0.242 e. The Morgan fingerprint density at radius 3 is 2.44 bits per heavy atom. The van der Waals surface area contributed by atoms with Crippen molar-refractivity contribution in [3.05, 3.63) is 10.6 Å². The van der Waals surface area contributed by atoms with Gasteiger partial charge in [-0.25, -0.2) is 0 Å². The van der Waals surface area contributed by atoms with Crippen molar-refractivity contribution < 1.29 is 172 Å². The molecular formula is C25H249N3O5S. The number of β-lactam (4-membered cyclic amide) rings is 1. The van der Waals surface area contributed by atoms with Crippen LogP contribution in [0.5, 0.6) is 0 Å². The molecule has 0 bridgehead atoms. The lowest BCUT2D eigenvalue weighted by molar-refractivity contribution is -0.176. The van der Waals surface area contributed by atoms with E-state index in [1.807, 2.05) is 34.7 Å². The number of ether oxygens (including phenoxy) is 1. The van der Waals surface area contributed by atoms with Crippen LogP contribution in [0.15, 0.2) is 10.6 Å². The number of hydrogen-bond donors (Lipinski definition) is 1. The van der Waals surface area contributed by atoms with E-state index in [1.54, 1.807) is 28.7 Å². The summed E-state index contributed by atoms with van der Waals surface area (Å²) in [5, 5.41) is 3.59. The van der Waals surface area contributed by atoms with Crippen molar-refractivity contribution in [2.24, 2.45) is 17.3 Å². The third-order valence-corrected chi connectivity index (χ3v) is 10.8. The normalized spacial score (nSPS) is 33.7. The van der Waals surface area contributed by atoms with Crippen LogP contribution >= 0.6 is 11.8 Å². The average Bonchev–Trinajstić information content (AvgIpc) is 3.20. The molecule has 3 heterocycles. The molecule has 3 N–H and O–H groups in total. The summed E-state index contributed by atoms with van der Waals surface area (Å²) in [4.78, 5) is 43.2. The molecule has 0 unspecified atom stereocenters. The fourth-order valence-electron chi connectivity index (χ4n) is 5.79. The maximum Gasteiger partial charge on any atom is 0.242 e. The number of likely N-dealkylation sites (N-methyl/N-ethyl adjacent to an activating group) is 1. The lowest BCUT2D eigenvalue weighted by atomic mass is 9.70. The quantitative estimate of drug-likeness (QED) is 0.189. The number of nitrogens with zero attached hydrogens (tertiary/aromatic N) is 2. The van der Waals surface area contributed by atoms with E-state index in [0.29, 0.717) is 18.8 Å². The number of fused-ring (bicyclic) bond motifs is 1. The zero-order valence-electron chi connectivity index (χ0n) is 22.2. The van der Waals surface area contributed by atoms with Gasteiger partial charge in [0.1, 0.15) is 5.54 Å². The van der Waals surface area contributed by atoms with E-state index in [-0.39, 0.29) is 193 Å². The first-order valence-electron chi connectivity index (χ1n) is 12.1. The molecule has 34 heavy (non-hydrogen) atoms. The van der Waals surface area contributed by atoms with E-state index in [1.165, 1.54) is 0 Å². The number of nitrogens with one attached hydrogen (secondary N) is 1. The molecule has 0 aromatic carbocycles. The molecule has 0 radical (unpaired) electrons. The van der Waals surface area contributed by atoms with Gasteiger partial charge in [-0.1, -0.05) is 27.7 Å². The van der Waals surface area contributed by atoms with Crippen LogP contribution in [0.3, 0.4) is 0 Å². The van der Waals surface area contributed by atoms with Gasteiger partial charge in [-0.2, -0.15) is 0 Å². The molecule has 0 spiro atoms. The first-order chi connectivity index (χ1) is 15.4. The SMILES string of the molecule is CC[C@H]1C(S[C@@H]2CN[C@](C)(C(=O)N(C)CC)C2(C)C)=C(C=O)N2C(=O)[C@H]([C@@](C)(CC)OC)[C@@H]12.O.[HH].[HH].[HH].[HH].[HH].[HH].[HH].[HH].[HH].[HH].[HH].[HH].[HH].[HH].[HH].[HH].[HH].[HH].[HH].[HH].[HH].[HH].[HH].[HH].[HH].[HH].[HH].[HH].[HH].[HH].[HH].[HH].[HH].[HH].[HH].[HH].[HH].[HH].[HH].[HH].[HH].[HH].[HH].[HH].[HH].[HH].[HH].[HH].[HH].[HH].[HH].[HH].[HH].[HH].[HH].[HH].[HH].[HH].[HH].[HH].[HH].[HH].[HH].[HH].[HH].[HH].[HH].[HH].[HH].[HH].[HH].[HH].[HH].[HH].[HH].[HH].[HH].[HH].[HH].[HH].[HH].[HH].[HH].[HH].[HH].[HH].[HH].[HH].[HH].[HH].[HH].[HH].[HH].[HH].[HH].[HH].[HH].[HH].[HH].[HH].[HH].[HH].[HH]. The highest BCUT2D eigenvalue weighted by atomic mass is 32.2. The largest absolute Gasteiger partial charge is 0.412 e. The van der Waals surface area contributed by atoms with Crippen molar-refractivity contribution in [3.63, 3.8) is 0 Å². The highest BCUT2D eigenvalue weighted by molar-refractivity contribution is 8.03. The van der Waals surface area contributed by atoms with Crippen LogP contribution in [0.4, 0.5) is 0 Å². The molecule has 6 atom stereocenters. The Bertz CT molecular complexity index is 966. The Morgan fingerprint density at radius 2 is 1.97 bits per heavy atom. The predicted molar refractivity (Wildman–Crippen MR) is 353 cm³/mol.